The van der Waals surface area contributed by atoms with E-state index >= 15 is 0 Å². The number of terminal acetylenes is 1. The largest absolute Gasteiger partial charge is 0.507 e. The van der Waals surface area contributed by atoms with E-state index in [4.69, 9.17) is 21.1 Å². The van der Waals surface area contributed by atoms with Crippen molar-refractivity contribution in [2.24, 2.45) is 0 Å². The fourth-order valence-electron chi connectivity index (χ4n) is 2.35. The van der Waals surface area contributed by atoms with Gasteiger partial charge in [0.25, 0.3) is 5.97 Å². The molecule has 4 nitrogen and oxygen atoms in total. The maximum Gasteiger partial charge on any atom is 0.300 e. The van der Waals surface area contributed by atoms with Crippen molar-refractivity contribution in [3.63, 3.8) is 0 Å². The molecule has 0 radical (unpaired) electrons. The number of ether oxygens (including phenoxy) is 1. The quantitative estimate of drug-likeness (QED) is 0.720. The van der Waals surface area contributed by atoms with Crippen LogP contribution in [0.5, 0.6) is 11.5 Å². The van der Waals surface area contributed by atoms with Gasteiger partial charge in [-0.3, -0.25) is 4.79 Å². The molecule has 0 aliphatic carbocycles. The van der Waals surface area contributed by atoms with Crippen molar-refractivity contribution < 1.29 is 19.7 Å². The number of hydrogen-bond donors (Lipinski definition) is 2. The predicted molar refractivity (Wildman–Crippen MR) is 81.8 cm³/mol. The van der Waals surface area contributed by atoms with Crippen molar-refractivity contribution in [2.75, 3.05) is 0 Å². The minimum atomic E-state index is -0.833. The molecule has 0 amide bonds. The summed E-state index contributed by atoms with van der Waals surface area (Å²) in [6.45, 7) is 8.83. The zero-order valence-electron chi connectivity index (χ0n) is 13.2. The summed E-state index contributed by atoms with van der Waals surface area (Å²) in [5, 5.41) is 17.5. The van der Waals surface area contributed by atoms with Gasteiger partial charge in [0.1, 0.15) is 11.5 Å². The van der Waals surface area contributed by atoms with Gasteiger partial charge in [-0.25, -0.2) is 0 Å². The van der Waals surface area contributed by atoms with Crippen molar-refractivity contribution in [2.45, 2.75) is 53.1 Å². The summed E-state index contributed by atoms with van der Waals surface area (Å²) in [7, 11) is 0. The zero-order valence-corrected chi connectivity index (χ0v) is 13.2. The van der Waals surface area contributed by atoms with E-state index in [1.54, 1.807) is 0 Å². The van der Waals surface area contributed by atoms with Crippen LogP contribution in [0.25, 0.3) is 0 Å². The Kier molecular flexibility index (Phi) is 4.90. The molecule has 0 aromatic heterocycles. The first-order valence-electron chi connectivity index (χ1n) is 6.81. The van der Waals surface area contributed by atoms with Gasteiger partial charge < -0.3 is 14.9 Å². The second-order valence-electron chi connectivity index (χ2n) is 5.53. The molecule has 1 heterocycles. The summed E-state index contributed by atoms with van der Waals surface area (Å²) in [4.78, 5) is 9.00. The van der Waals surface area contributed by atoms with E-state index in [1.807, 2.05) is 27.7 Å². The number of rotatable bonds is 0. The van der Waals surface area contributed by atoms with E-state index in [0.29, 0.717) is 5.75 Å². The molecular weight excluding hydrogens is 268 g/mol. The van der Waals surface area contributed by atoms with Gasteiger partial charge >= 0.3 is 0 Å². The number of hydrogen-bond acceptors (Lipinski definition) is 3. The third-order valence-corrected chi connectivity index (χ3v) is 3.82. The van der Waals surface area contributed by atoms with Crippen LogP contribution in [-0.4, -0.2) is 21.8 Å². The lowest BCUT2D eigenvalue weighted by Gasteiger charge is -2.34. The van der Waals surface area contributed by atoms with Crippen LogP contribution in [0.15, 0.2) is 0 Å². The number of aliphatic carboxylic acids is 1. The molecule has 114 valence electrons. The second kappa shape index (κ2) is 6.09. The Hall–Kier alpha value is -2.15. The molecule has 0 fully saturated rings. The molecule has 0 saturated heterocycles. The summed E-state index contributed by atoms with van der Waals surface area (Å²) >= 11 is 0. The van der Waals surface area contributed by atoms with Crippen molar-refractivity contribution >= 4 is 5.97 Å². The van der Waals surface area contributed by atoms with Crippen LogP contribution >= 0.6 is 0 Å². The van der Waals surface area contributed by atoms with Gasteiger partial charge in [-0.05, 0) is 50.8 Å². The molecule has 2 rings (SSSR count). The van der Waals surface area contributed by atoms with Gasteiger partial charge in [-0.15, -0.1) is 6.42 Å². The number of carboxylic acids is 1. The average molecular weight is 290 g/mol. The third-order valence-electron chi connectivity index (χ3n) is 3.82. The lowest BCUT2D eigenvalue weighted by Crippen LogP contribution is -2.35. The molecule has 2 N–H and O–H groups in total. The maximum absolute atomic E-state index is 10.0. The Labute approximate surface area is 125 Å². The highest BCUT2D eigenvalue weighted by Gasteiger charge is 2.32. The minimum Gasteiger partial charge on any atom is -0.507 e. The summed E-state index contributed by atoms with van der Waals surface area (Å²) in [5.74, 6) is 3.13. The predicted octanol–water partition coefficient (Wildman–Crippen LogP) is 3.13. The highest BCUT2D eigenvalue weighted by molar-refractivity contribution is 5.63. The van der Waals surface area contributed by atoms with E-state index in [0.717, 1.165) is 47.8 Å². The molecule has 1 aromatic rings. The highest BCUT2D eigenvalue weighted by atomic mass is 16.5. The number of carbonyl (C=O) groups is 1. The topological polar surface area (TPSA) is 66.8 Å². The monoisotopic (exact) mass is 290 g/mol. The average Bonchev–Trinajstić information content (AvgIpc) is 2.42. The SMILES string of the molecule is C#C[C@@]1(C)CCc2c(C)c(O)c(C)c(C)c2O1.CC(=O)O. The number of aromatic hydroxyl groups is 1. The first-order valence-corrected chi connectivity index (χ1v) is 6.81. The number of phenols is 1. The first kappa shape index (κ1) is 16.9. The van der Waals surface area contributed by atoms with Crippen LogP contribution < -0.4 is 4.74 Å². The van der Waals surface area contributed by atoms with E-state index < -0.39 is 11.6 Å². The van der Waals surface area contributed by atoms with Crippen molar-refractivity contribution in [3.05, 3.63) is 22.3 Å². The minimum absolute atomic E-state index is 0.383. The summed E-state index contributed by atoms with van der Waals surface area (Å²) < 4.78 is 5.97. The molecule has 0 unspecified atom stereocenters. The van der Waals surface area contributed by atoms with E-state index in [9.17, 15) is 5.11 Å². The maximum atomic E-state index is 10.0. The first-order chi connectivity index (χ1) is 9.63. The standard InChI is InChI=1S/C15H18O2.C2H4O2/c1-6-15(5)8-7-12-11(4)13(16)9(2)10(3)14(12)17-15;1-2(3)4/h1,16H,7-8H2,2-5H3;1H3,(H,3,4)/t15-;/m0./s1. The number of phenolic OH excluding ortho intramolecular Hbond substituents is 1. The Bertz CT molecular complexity index is 606. The molecule has 1 atom stereocenters. The normalized spacial score (nSPS) is 19.4. The Balaban J connectivity index is 0.000000491. The van der Waals surface area contributed by atoms with Gasteiger partial charge in [-0.1, -0.05) is 5.92 Å². The van der Waals surface area contributed by atoms with Gasteiger partial charge in [-0.2, -0.15) is 0 Å². The Morgan fingerprint density at radius 3 is 2.29 bits per heavy atom. The van der Waals surface area contributed by atoms with Crippen molar-refractivity contribution in [1.82, 2.24) is 0 Å². The van der Waals surface area contributed by atoms with Gasteiger partial charge in [0.2, 0.25) is 0 Å². The van der Waals surface area contributed by atoms with E-state index in [2.05, 4.69) is 5.92 Å². The second-order valence-corrected chi connectivity index (χ2v) is 5.53. The Morgan fingerprint density at radius 1 is 1.29 bits per heavy atom. The fourth-order valence-corrected chi connectivity index (χ4v) is 2.35. The third kappa shape index (κ3) is 3.49. The lowest BCUT2D eigenvalue weighted by molar-refractivity contribution is -0.134. The molecule has 0 bridgehead atoms. The Morgan fingerprint density at radius 2 is 1.81 bits per heavy atom. The molecule has 4 heteroatoms. The van der Waals surface area contributed by atoms with Crippen LogP contribution in [0.4, 0.5) is 0 Å². The van der Waals surface area contributed by atoms with Gasteiger partial charge in [0.05, 0.1) is 0 Å². The number of benzene rings is 1. The number of carboxylic acid groups (broad SMARTS) is 1. The smallest absolute Gasteiger partial charge is 0.300 e. The number of fused-ring (bicyclic) bond motifs is 1. The summed E-state index contributed by atoms with van der Waals surface area (Å²) in [6.07, 6.45) is 7.17. The van der Waals surface area contributed by atoms with Crippen molar-refractivity contribution in [3.8, 4) is 23.8 Å². The van der Waals surface area contributed by atoms with E-state index in [1.165, 1.54) is 0 Å². The zero-order chi connectivity index (χ0) is 16.4. The molecule has 0 saturated carbocycles. The molecule has 1 aliphatic heterocycles. The molecule has 21 heavy (non-hydrogen) atoms. The highest BCUT2D eigenvalue weighted by Crippen LogP contribution is 2.42. The molecular formula is C17H22O4. The van der Waals surface area contributed by atoms with Crippen LogP contribution in [0.1, 0.15) is 42.5 Å². The van der Waals surface area contributed by atoms with Gasteiger partial charge in [0.15, 0.2) is 5.60 Å². The fraction of sp³-hybridized carbons (Fsp3) is 0.471. The molecule has 0 spiro atoms. The van der Waals surface area contributed by atoms with Crippen LogP contribution in [0, 0.1) is 33.1 Å². The summed E-state index contributed by atoms with van der Waals surface area (Å²) in [5.41, 5.74) is 3.36. The molecule has 1 aromatic carbocycles. The summed E-state index contributed by atoms with van der Waals surface area (Å²) in [6, 6.07) is 0. The van der Waals surface area contributed by atoms with Crippen LogP contribution in [-0.2, 0) is 11.2 Å². The van der Waals surface area contributed by atoms with Gasteiger partial charge in [0, 0.05) is 18.9 Å². The van der Waals surface area contributed by atoms with E-state index in [-0.39, 0.29) is 0 Å². The van der Waals surface area contributed by atoms with Crippen LogP contribution in [0.2, 0.25) is 0 Å². The molecule has 1 aliphatic rings. The van der Waals surface area contributed by atoms with Crippen molar-refractivity contribution in [1.29, 1.82) is 0 Å². The lowest BCUT2D eigenvalue weighted by atomic mass is 9.87. The van der Waals surface area contributed by atoms with Crippen LogP contribution in [0.3, 0.4) is 0 Å².